The molecule has 0 aromatic heterocycles. The number of para-hydroxylation sites is 1. The Hall–Kier alpha value is -3.47. The molecule has 5 nitrogen and oxygen atoms in total. The molecule has 0 saturated heterocycles. The minimum absolute atomic E-state index is 0.0937. The first-order chi connectivity index (χ1) is 14.3. The minimum atomic E-state index is -0.337. The van der Waals surface area contributed by atoms with Crippen LogP contribution in [-0.2, 0) is 0 Å². The number of ether oxygens (including phenoxy) is 3. The van der Waals surface area contributed by atoms with E-state index >= 15 is 0 Å². The SMILES string of the molecule is COc1ccc(C2Oc3c(OC)cccc3C3CC(c4ccccc4)=NN32)cc1. The normalized spacial score (nSPS) is 19.7. The molecule has 5 heteroatoms. The Kier molecular flexibility index (Phi) is 4.35. The standard InChI is InChI=1S/C24H22N2O3/c1-27-18-13-11-17(12-14-18)24-26-21(15-20(25-26)16-7-4-3-5-8-16)19-9-6-10-22(28-2)23(19)29-24/h3-14,21,24H,15H2,1-2H3. The van der Waals surface area contributed by atoms with Crippen LogP contribution in [0.2, 0.25) is 0 Å². The van der Waals surface area contributed by atoms with Crippen LogP contribution in [0.5, 0.6) is 17.2 Å². The summed E-state index contributed by atoms with van der Waals surface area (Å²) in [6.45, 7) is 0. The van der Waals surface area contributed by atoms with Crippen molar-refractivity contribution in [2.45, 2.75) is 18.7 Å². The van der Waals surface area contributed by atoms with Crippen LogP contribution in [0, 0.1) is 0 Å². The van der Waals surface area contributed by atoms with Gasteiger partial charge in [0.05, 0.1) is 26.0 Å². The fraction of sp³-hybridized carbons (Fsp3) is 0.208. The van der Waals surface area contributed by atoms with E-state index in [0.29, 0.717) is 0 Å². The molecule has 3 aromatic rings. The summed E-state index contributed by atoms with van der Waals surface area (Å²) in [5, 5.41) is 7.06. The van der Waals surface area contributed by atoms with Gasteiger partial charge in [-0.15, -0.1) is 0 Å². The van der Waals surface area contributed by atoms with Crippen molar-refractivity contribution < 1.29 is 14.2 Å². The highest BCUT2D eigenvalue weighted by Crippen LogP contribution is 2.50. The van der Waals surface area contributed by atoms with E-state index in [1.165, 1.54) is 0 Å². The van der Waals surface area contributed by atoms with Gasteiger partial charge in [-0.25, -0.2) is 5.01 Å². The largest absolute Gasteiger partial charge is 0.497 e. The molecule has 0 saturated carbocycles. The molecular weight excluding hydrogens is 364 g/mol. The molecule has 29 heavy (non-hydrogen) atoms. The van der Waals surface area contributed by atoms with Crippen molar-refractivity contribution in [1.29, 1.82) is 0 Å². The lowest BCUT2D eigenvalue weighted by molar-refractivity contribution is -0.0209. The van der Waals surface area contributed by atoms with E-state index < -0.39 is 0 Å². The molecule has 2 atom stereocenters. The van der Waals surface area contributed by atoms with Crippen LogP contribution in [0.3, 0.4) is 0 Å². The second kappa shape index (κ2) is 7.17. The number of nitrogens with zero attached hydrogens (tertiary/aromatic N) is 2. The summed E-state index contributed by atoms with van der Waals surface area (Å²) in [5.74, 6) is 2.35. The van der Waals surface area contributed by atoms with Crippen LogP contribution in [0.1, 0.15) is 35.4 Å². The molecule has 3 aromatic carbocycles. The summed E-state index contributed by atoms with van der Waals surface area (Å²) in [4.78, 5) is 0. The van der Waals surface area contributed by atoms with Gasteiger partial charge in [-0.05, 0) is 35.9 Å². The van der Waals surface area contributed by atoms with Gasteiger partial charge < -0.3 is 14.2 Å². The summed E-state index contributed by atoms with van der Waals surface area (Å²) >= 11 is 0. The third-order valence-corrected chi connectivity index (χ3v) is 5.51. The topological polar surface area (TPSA) is 43.3 Å². The lowest BCUT2D eigenvalue weighted by Crippen LogP contribution is -2.33. The maximum atomic E-state index is 6.46. The Morgan fingerprint density at radius 1 is 0.897 bits per heavy atom. The molecule has 146 valence electrons. The van der Waals surface area contributed by atoms with Crippen molar-refractivity contribution in [2.75, 3.05) is 14.2 Å². The number of fused-ring (bicyclic) bond motifs is 3. The summed E-state index contributed by atoms with van der Waals surface area (Å²) in [6, 6.07) is 24.4. The van der Waals surface area contributed by atoms with Crippen LogP contribution in [-0.4, -0.2) is 24.9 Å². The van der Waals surface area contributed by atoms with Crippen molar-refractivity contribution in [2.24, 2.45) is 5.10 Å². The summed E-state index contributed by atoms with van der Waals surface area (Å²) in [6.07, 6.45) is 0.483. The van der Waals surface area contributed by atoms with Gasteiger partial charge in [0.2, 0.25) is 6.23 Å². The average Bonchev–Trinajstić information content (AvgIpc) is 3.24. The van der Waals surface area contributed by atoms with Gasteiger partial charge in [0.1, 0.15) is 5.75 Å². The van der Waals surface area contributed by atoms with E-state index in [0.717, 1.165) is 46.1 Å². The van der Waals surface area contributed by atoms with Crippen LogP contribution in [0.15, 0.2) is 77.9 Å². The molecule has 0 radical (unpaired) electrons. The summed E-state index contributed by atoms with van der Waals surface area (Å²) < 4.78 is 17.4. The van der Waals surface area contributed by atoms with Crippen LogP contribution < -0.4 is 14.2 Å². The van der Waals surface area contributed by atoms with Gasteiger partial charge in [-0.1, -0.05) is 42.5 Å². The predicted octanol–water partition coefficient (Wildman–Crippen LogP) is 4.95. The zero-order chi connectivity index (χ0) is 19.8. The van der Waals surface area contributed by atoms with Gasteiger partial charge >= 0.3 is 0 Å². The third kappa shape index (κ3) is 2.99. The first kappa shape index (κ1) is 17.6. The molecule has 0 aliphatic carbocycles. The molecule has 0 amide bonds. The zero-order valence-electron chi connectivity index (χ0n) is 16.4. The van der Waals surface area contributed by atoms with E-state index in [9.17, 15) is 0 Å². The lowest BCUT2D eigenvalue weighted by atomic mass is 9.95. The minimum Gasteiger partial charge on any atom is -0.497 e. The van der Waals surface area contributed by atoms with Crippen molar-refractivity contribution in [3.05, 3.63) is 89.5 Å². The Morgan fingerprint density at radius 3 is 2.41 bits per heavy atom. The second-order valence-electron chi connectivity index (χ2n) is 7.13. The summed E-state index contributed by atoms with van der Waals surface area (Å²) in [5.41, 5.74) is 4.32. The highest BCUT2D eigenvalue weighted by molar-refractivity contribution is 6.01. The molecule has 0 fully saturated rings. The Bertz CT molecular complexity index is 1050. The first-order valence-corrected chi connectivity index (χ1v) is 9.67. The molecule has 2 aliphatic rings. The first-order valence-electron chi connectivity index (χ1n) is 9.67. The fourth-order valence-corrected chi connectivity index (χ4v) is 4.04. The maximum Gasteiger partial charge on any atom is 0.214 e. The number of benzene rings is 3. The van der Waals surface area contributed by atoms with Gasteiger partial charge in [0.25, 0.3) is 0 Å². The molecule has 0 spiro atoms. The smallest absolute Gasteiger partial charge is 0.214 e. The number of hydrogen-bond acceptors (Lipinski definition) is 5. The Labute approximate surface area is 170 Å². The van der Waals surface area contributed by atoms with E-state index in [2.05, 4.69) is 23.2 Å². The van der Waals surface area contributed by atoms with Gasteiger partial charge in [-0.3, -0.25) is 0 Å². The molecule has 2 heterocycles. The molecule has 2 aliphatic heterocycles. The van der Waals surface area contributed by atoms with Crippen molar-refractivity contribution in [3.63, 3.8) is 0 Å². The summed E-state index contributed by atoms with van der Waals surface area (Å²) in [7, 11) is 3.34. The van der Waals surface area contributed by atoms with Crippen LogP contribution >= 0.6 is 0 Å². The van der Waals surface area contributed by atoms with Crippen molar-refractivity contribution >= 4 is 5.71 Å². The number of hydrogen-bond donors (Lipinski definition) is 0. The van der Waals surface area contributed by atoms with Crippen LogP contribution in [0.25, 0.3) is 0 Å². The number of rotatable bonds is 4. The molecule has 2 unspecified atom stereocenters. The molecule has 0 bridgehead atoms. The molecule has 0 N–H and O–H groups in total. The molecular formula is C24H22N2O3. The van der Waals surface area contributed by atoms with E-state index in [4.69, 9.17) is 19.3 Å². The quantitative estimate of drug-likeness (QED) is 0.637. The van der Waals surface area contributed by atoms with E-state index in [-0.39, 0.29) is 12.3 Å². The highest BCUT2D eigenvalue weighted by atomic mass is 16.5. The number of methoxy groups -OCH3 is 2. The average molecular weight is 386 g/mol. The Balaban J connectivity index is 1.60. The lowest BCUT2D eigenvalue weighted by Gasteiger charge is -2.38. The van der Waals surface area contributed by atoms with Gasteiger partial charge in [-0.2, -0.15) is 5.10 Å². The van der Waals surface area contributed by atoms with E-state index in [1.54, 1.807) is 14.2 Å². The maximum absolute atomic E-state index is 6.46. The molecule has 5 rings (SSSR count). The van der Waals surface area contributed by atoms with Crippen molar-refractivity contribution in [1.82, 2.24) is 5.01 Å². The van der Waals surface area contributed by atoms with Gasteiger partial charge in [0.15, 0.2) is 11.5 Å². The van der Waals surface area contributed by atoms with Crippen molar-refractivity contribution in [3.8, 4) is 17.2 Å². The number of hydrazone groups is 1. The highest BCUT2D eigenvalue weighted by Gasteiger charge is 2.42. The predicted molar refractivity (Wildman–Crippen MR) is 112 cm³/mol. The monoisotopic (exact) mass is 386 g/mol. The van der Waals surface area contributed by atoms with E-state index in [1.807, 2.05) is 54.6 Å². The second-order valence-corrected chi connectivity index (χ2v) is 7.13. The third-order valence-electron chi connectivity index (χ3n) is 5.51. The fourth-order valence-electron chi connectivity index (χ4n) is 4.04. The Morgan fingerprint density at radius 2 is 1.69 bits per heavy atom. The van der Waals surface area contributed by atoms with Gasteiger partial charge in [0, 0.05) is 17.5 Å². The zero-order valence-corrected chi connectivity index (χ0v) is 16.4. The van der Waals surface area contributed by atoms with Crippen LogP contribution in [0.4, 0.5) is 0 Å².